The van der Waals surface area contributed by atoms with E-state index in [0.717, 1.165) is 49.0 Å². The van der Waals surface area contributed by atoms with Gasteiger partial charge in [-0.25, -0.2) is 0 Å². The van der Waals surface area contributed by atoms with Crippen molar-refractivity contribution in [2.45, 2.75) is 37.8 Å². The van der Waals surface area contributed by atoms with Gasteiger partial charge < -0.3 is 29.2 Å². The molecule has 2 atom stereocenters. The summed E-state index contributed by atoms with van der Waals surface area (Å²) in [6, 6.07) is 19.7. The zero-order chi connectivity index (χ0) is 30.5. The molecular weight excluding hydrogens is 556 g/mol. The summed E-state index contributed by atoms with van der Waals surface area (Å²) in [6.45, 7) is 1.75. The highest BCUT2D eigenvalue weighted by Crippen LogP contribution is 2.51. The van der Waals surface area contributed by atoms with Gasteiger partial charge in [-0.3, -0.25) is 9.80 Å². The molecule has 4 aliphatic rings. The number of benzene rings is 4. The summed E-state index contributed by atoms with van der Waals surface area (Å²) >= 11 is 0. The molecule has 4 aromatic carbocycles. The minimum Gasteiger partial charge on any atom is -0.504 e. The molecule has 8 nitrogen and oxygen atoms in total. The molecule has 44 heavy (non-hydrogen) atoms. The number of aromatic hydroxyl groups is 2. The van der Waals surface area contributed by atoms with E-state index in [0.29, 0.717) is 40.9 Å². The second-order valence-corrected chi connectivity index (χ2v) is 12.1. The van der Waals surface area contributed by atoms with Crippen LogP contribution in [0.25, 0.3) is 0 Å². The molecule has 0 aromatic heterocycles. The standard InChI is InChI=1S/C36H38N2O6/c1-37-13-11-23-18-31(41-3)32-20-26(23)27(37)15-21-5-8-25(9-6-21)43-30-17-22(7-10-29(30)39)16-28-34-24(12-14-38(28)2)19-33(42-4)35(40)36(34)44-32/h5-10,17-20,27-28,39-40H,11-16H2,1-4H3/t27-,28-/m1/s1. The molecule has 0 radical (unpaired) electrons. The van der Waals surface area contributed by atoms with E-state index in [4.69, 9.17) is 18.9 Å². The maximum absolute atomic E-state index is 11.6. The molecule has 6 bridgehead atoms. The van der Waals surface area contributed by atoms with Gasteiger partial charge in [0.15, 0.2) is 34.5 Å². The van der Waals surface area contributed by atoms with Gasteiger partial charge in [0, 0.05) is 30.7 Å². The highest BCUT2D eigenvalue weighted by Gasteiger charge is 2.34. The summed E-state index contributed by atoms with van der Waals surface area (Å²) in [4.78, 5) is 4.65. The molecule has 0 unspecified atom stereocenters. The molecule has 228 valence electrons. The first-order valence-corrected chi connectivity index (χ1v) is 15.1. The van der Waals surface area contributed by atoms with Gasteiger partial charge in [-0.15, -0.1) is 0 Å². The van der Waals surface area contributed by atoms with Crippen molar-refractivity contribution in [3.63, 3.8) is 0 Å². The summed E-state index contributed by atoms with van der Waals surface area (Å²) in [5.41, 5.74) is 6.55. The Morgan fingerprint density at radius 1 is 0.705 bits per heavy atom. The summed E-state index contributed by atoms with van der Waals surface area (Å²) in [7, 11) is 7.46. The van der Waals surface area contributed by atoms with Gasteiger partial charge in [-0.1, -0.05) is 18.2 Å². The lowest BCUT2D eigenvalue weighted by Crippen LogP contribution is -2.34. The van der Waals surface area contributed by atoms with Crippen LogP contribution in [0, 0.1) is 0 Å². The number of fused-ring (bicyclic) bond motifs is 2. The van der Waals surface area contributed by atoms with Crippen molar-refractivity contribution in [2.24, 2.45) is 0 Å². The second kappa shape index (κ2) is 11.3. The molecule has 8 heteroatoms. The van der Waals surface area contributed by atoms with Crippen LogP contribution in [-0.2, 0) is 25.7 Å². The van der Waals surface area contributed by atoms with E-state index in [2.05, 4.69) is 48.2 Å². The summed E-state index contributed by atoms with van der Waals surface area (Å²) in [5, 5.41) is 22.3. The first-order chi connectivity index (χ1) is 21.3. The first kappa shape index (κ1) is 28.4. The number of ether oxygens (including phenoxy) is 4. The molecule has 0 amide bonds. The van der Waals surface area contributed by atoms with Crippen molar-refractivity contribution in [3.8, 4) is 46.0 Å². The number of phenolic OH excluding ortho intramolecular Hbond substituents is 2. The zero-order valence-corrected chi connectivity index (χ0v) is 25.6. The van der Waals surface area contributed by atoms with Gasteiger partial charge in [0.05, 0.1) is 14.2 Å². The van der Waals surface area contributed by atoms with E-state index in [-0.39, 0.29) is 23.6 Å². The Morgan fingerprint density at radius 2 is 1.36 bits per heavy atom. The molecule has 0 aliphatic carbocycles. The largest absolute Gasteiger partial charge is 0.504 e. The number of nitrogens with zero attached hydrogens (tertiary/aromatic N) is 2. The third-order valence-electron chi connectivity index (χ3n) is 9.46. The molecule has 0 saturated heterocycles. The van der Waals surface area contributed by atoms with Crippen molar-refractivity contribution >= 4 is 0 Å². The van der Waals surface area contributed by atoms with E-state index in [1.54, 1.807) is 20.3 Å². The van der Waals surface area contributed by atoms with Gasteiger partial charge in [-0.05, 0) is 110 Å². The van der Waals surface area contributed by atoms with Crippen molar-refractivity contribution in [1.82, 2.24) is 9.80 Å². The lowest BCUT2D eigenvalue weighted by Gasteiger charge is -2.37. The fourth-order valence-electron chi connectivity index (χ4n) is 6.94. The van der Waals surface area contributed by atoms with E-state index in [9.17, 15) is 10.2 Å². The second-order valence-electron chi connectivity index (χ2n) is 12.1. The molecule has 2 N–H and O–H groups in total. The van der Waals surface area contributed by atoms with Crippen molar-refractivity contribution in [1.29, 1.82) is 0 Å². The van der Waals surface area contributed by atoms with E-state index in [1.165, 1.54) is 16.7 Å². The number of phenols is 2. The monoisotopic (exact) mass is 594 g/mol. The van der Waals surface area contributed by atoms with E-state index in [1.807, 2.05) is 30.3 Å². The van der Waals surface area contributed by atoms with Crippen LogP contribution < -0.4 is 18.9 Å². The van der Waals surface area contributed by atoms with Crippen molar-refractivity contribution in [3.05, 3.63) is 94.0 Å². The van der Waals surface area contributed by atoms with Crippen molar-refractivity contribution in [2.75, 3.05) is 41.4 Å². The third kappa shape index (κ3) is 4.98. The summed E-state index contributed by atoms with van der Waals surface area (Å²) in [5.74, 6) is 3.05. The molecule has 0 spiro atoms. The Labute approximate surface area is 258 Å². The SMILES string of the molecule is COc1cc2c3cc1Oc1c(O)c(OC)cc4c1[C@@H](Cc1ccc(O)c(c1)Oc1ccc(cc1)C[C@H]3N(C)CC2)N(C)CC4. The Balaban J connectivity index is 1.45. The molecule has 4 heterocycles. The molecule has 8 rings (SSSR count). The molecular formula is C36H38N2O6. The predicted molar refractivity (Wildman–Crippen MR) is 168 cm³/mol. The molecule has 0 saturated carbocycles. The zero-order valence-electron chi connectivity index (χ0n) is 25.6. The fraction of sp³-hybridized carbons (Fsp3) is 0.333. The lowest BCUT2D eigenvalue weighted by atomic mass is 9.87. The number of likely N-dealkylation sites (N-methyl/N-ethyl adjacent to an activating group) is 2. The topological polar surface area (TPSA) is 83.9 Å². The highest BCUT2D eigenvalue weighted by molar-refractivity contribution is 5.63. The molecule has 4 aliphatic heterocycles. The van der Waals surface area contributed by atoms with Gasteiger partial charge in [-0.2, -0.15) is 0 Å². The van der Waals surface area contributed by atoms with Crippen molar-refractivity contribution < 1.29 is 29.2 Å². The first-order valence-electron chi connectivity index (χ1n) is 15.1. The Hall–Kier alpha value is -4.40. The number of hydrogen-bond acceptors (Lipinski definition) is 8. The minimum atomic E-state index is -0.122. The minimum absolute atomic E-state index is 0.0383. The van der Waals surface area contributed by atoms with Gasteiger partial charge in [0.25, 0.3) is 0 Å². The van der Waals surface area contributed by atoms with Crippen LogP contribution in [0.3, 0.4) is 0 Å². The quantitative estimate of drug-likeness (QED) is 0.270. The van der Waals surface area contributed by atoms with Crippen LogP contribution in [-0.4, -0.2) is 61.4 Å². The maximum atomic E-state index is 11.6. The van der Waals surface area contributed by atoms with Gasteiger partial charge >= 0.3 is 0 Å². The van der Waals surface area contributed by atoms with Crippen LogP contribution in [0.2, 0.25) is 0 Å². The van der Waals surface area contributed by atoms with Crippen LogP contribution in [0.4, 0.5) is 0 Å². The van der Waals surface area contributed by atoms with Gasteiger partial charge in [0.2, 0.25) is 5.75 Å². The summed E-state index contributed by atoms with van der Waals surface area (Å²) in [6.07, 6.45) is 3.08. The van der Waals surface area contributed by atoms with Crippen LogP contribution in [0.1, 0.15) is 45.5 Å². The number of hydrogen-bond donors (Lipinski definition) is 2. The molecule has 4 aromatic rings. The highest BCUT2D eigenvalue weighted by atomic mass is 16.5. The molecule has 0 fully saturated rings. The smallest absolute Gasteiger partial charge is 0.201 e. The van der Waals surface area contributed by atoms with E-state index >= 15 is 0 Å². The number of methoxy groups -OCH3 is 2. The Kier molecular flexibility index (Phi) is 7.26. The average molecular weight is 595 g/mol. The normalized spacial score (nSPS) is 19.6. The lowest BCUT2D eigenvalue weighted by molar-refractivity contribution is 0.220. The summed E-state index contributed by atoms with van der Waals surface area (Å²) < 4.78 is 24.5. The van der Waals surface area contributed by atoms with Crippen LogP contribution >= 0.6 is 0 Å². The fourth-order valence-corrected chi connectivity index (χ4v) is 6.94. The maximum Gasteiger partial charge on any atom is 0.201 e. The predicted octanol–water partition coefficient (Wildman–Crippen LogP) is 6.56. The Morgan fingerprint density at radius 3 is 2.11 bits per heavy atom. The van der Waals surface area contributed by atoms with Gasteiger partial charge in [0.1, 0.15) is 5.75 Å². The Bertz CT molecular complexity index is 1720. The van der Waals surface area contributed by atoms with Crippen LogP contribution in [0.5, 0.6) is 46.0 Å². The number of rotatable bonds is 2. The third-order valence-corrected chi connectivity index (χ3v) is 9.46. The van der Waals surface area contributed by atoms with E-state index < -0.39 is 0 Å². The van der Waals surface area contributed by atoms with Crippen LogP contribution in [0.15, 0.2) is 60.7 Å². The average Bonchev–Trinajstić information content (AvgIpc) is 3.03.